The Morgan fingerprint density at radius 1 is 1.40 bits per heavy atom. The van der Waals surface area contributed by atoms with E-state index < -0.39 is 0 Å². The van der Waals surface area contributed by atoms with E-state index in [1.54, 1.807) is 12.1 Å². The minimum atomic E-state index is -0.238. The highest BCUT2D eigenvalue weighted by Gasteiger charge is 2.10. The first-order valence-electron chi connectivity index (χ1n) is 4.87. The monoisotopic (exact) mass is 232 g/mol. The highest BCUT2D eigenvalue weighted by Crippen LogP contribution is 2.20. The summed E-state index contributed by atoms with van der Waals surface area (Å²) in [5.41, 5.74) is 12.9. The SMILES string of the molecule is Cc1ccc(F)c([C@H](N)CCCN)c1.Cl. The summed E-state index contributed by atoms with van der Waals surface area (Å²) in [5, 5.41) is 0. The molecule has 0 aromatic heterocycles. The summed E-state index contributed by atoms with van der Waals surface area (Å²) in [6.07, 6.45) is 1.56. The summed E-state index contributed by atoms with van der Waals surface area (Å²) in [4.78, 5) is 0. The van der Waals surface area contributed by atoms with Crippen LogP contribution < -0.4 is 11.5 Å². The van der Waals surface area contributed by atoms with Crippen LogP contribution in [-0.2, 0) is 0 Å². The van der Waals surface area contributed by atoms with Crippen molar-refractivity contribution in [1.82, 2.24) is 0 Å². The van der Waals surface area contributed by atoms with E-state index in [2.05, 4.69) is 0 Å². The summed E-state index contributed by atoms with van der Waals surface area (Å²) < 4.78 is 13.3. The maximum Gasteiger partial charge on any atom is 0.127 e. The molecule has 0 radical (unpaired) electrons. The van der Waals surface area contributed by atoms with Gasteiger partial charge in [0.2, 0.25) is 0 Å². The van der Waals surface area contributed by atoms with Gasteiger partial charge in [-0.2, -0.15) is 0 Å². The van der Waals surface area contributed by atoms with Crippen molar-refractivity contribution in [2.45, 2.75) is 25.8 Å². The quantitative estimate of drug-likeness (QED) is 0.837. The maximum atomic E-state index is 13.3. The van der Waals surface area contributed by atoms with Gasteiger partial charge >= 0.3 is 0 Å². The molecule has 0 saturated carbocycles. The first-order valence-corrected chi connectivity index (χ1v) is 4.87. The van der Waals surface area contributed by atoms with Crippen LogP contribution in [0.1, 0.15) is 30.0 Å². The van der Waals surface area contributed by atoms with Gasteiger partial charge in [0.15, 0.2) is 0 Å². The standard InChI is InChI=1S/C11H17FN2.ClH/c1-8-4-5-10(12)9(7-8)11(14)3-2-6-13;/h4-5,7,11H,2-3,6,13-14H2,1H3;1H/t11-;/m1./s1. The Kier molecular flexibility index (Phi) is 6.48. The van der Waals surface area contributed by atoms with Crippen LogP contribution >= 0.6 is 12.4 Å². The molecule has 1 atom stereocenters. The average molecular weight is 233 g/mol. The lowest BCUT2D eigenvalue weighted by atomic mass is 10.0. The summed E-state index contributed by atoms with van der Waals surface area (Å²) in [7, 11) is 0. The highest BCUT2D eigenvalue weighted by atomic mass is 35.5. The molecule has 0 saturated heterocycles. The van der Waals surface area contributed by atoms with Gasteiger partial charge in [-0.05, 0) is 32.4 Å². The third kappa shape index (κ3) is 4.16. The van der Waals surface area contributed by atoms with Gasteiger partial charge in [0.25, 0.3) is 0 Å². The smallest absolute Gasteiger partial charge is 0.127 e. The molecule has 0 aliphatic heterocycles. The fraction of sp³-hybridized carbons (Fsp3) is 0.455. The lowest BCUT2D eigenvalue weighted by molar-refractivity contribution is 0.553. The first-order chi connectivity index (χ1) is 6.65. The molecule has 0 spiro atoms. The molecule has 4 N–H and O–H groups in total. The maximum absolute atomic E-state index is 13.3. The molecule has 0 fully saturated rings. The normalized spacial score (nSPS) is 12.0. The minimum absolute atomic E-state index is 0. The van der Waals surface area contributed by atoms with Gasteiger partial charge in [0.05, 0.1) is 0 Å². The molecule has 0 heterocycles. The van der Waals surface area contributed by atoms with Crippen LogP contribution in [0.3, 0.4) is 0 Å². The van der Waals surface area contributed by atoms with E-state index >= 15 is 0 Å². The Balaban J connectivity index is 0.00000196. The largest absolute Gasteiger partial charge is 0.330 e. The molecule has 1 aromatic carbocycles. The Morgan fingerprint density at radius 2 is 2.07 bits per heavy atom. The van der Waals surface area contributed by atoms with Crippen LogP contribution in [0.4, 0.5) is 4.39 Å². The Labute approximate surface area is 96.3 Å². The molecule has 0 amide bonds. The van der Waals surface area contributed by atoms with E-state index in [-0.39, 0.29) is 24.3 Å². The van der Waals surface area contributed by atoms with E-state index in [9.17, 15) is 4.39 Å². The van der Waals surface area contributed by atoms with E-state index in [0.29, 0.717) is 12.1 Å². The van der Waals surface area contributed by atoms with E-state index in [1.807, 2.05) is 6.92 Å². The van der Waals surface area contributed by atoms with Gasteiger partial charge in [-0.25, -0.2) is 4.39 Å². The van der Waals surface area contributed by atoms with Gasteiger partial charge in [-0.1, -0.05) is 17.7 Å². The molecule has 86 valence electrons. The summed E-state index contributed by atoms with van der Waals surface area (Å²) >= 11 is 0. The zero-order valence-electron chi connectivity index (χ0n) is 8.87. The molecule has 0 bridgehead atoms. The summed E-state index contributed by atoms with van der Waals surface area (Å²) in [5.74, 6) is -0.222. The molecule has 2 nitrogen and oxygen atoms in total. The van der Waals surface area contributed by atoms with Gasteiger partial charge < -0.3 is 11.5 Å². The van der Waals surface area contributed by atoms with Crippen molar-refractivity contribution in [2.75, 3.05) is 6.54 Å². The van der Waals surface area contributed by atoms with Gasteiger partial charge in [0.1, 0.15) is 5.82 Å². The first kappa shape index (κ1) is 14.4. The van der Waals surface area contributed by atoms with Crippen molar-refractivity contribution >= 4 is 12.4 Å². The van der Waals surface area contributed by atoms with Crippen molar-refractivity contribution in [3.8, 4) is 0 Å². The fourth-order valence-corrected chi connectivity index (χ4v) is 1.44. The zero-order valence-corrected chi connectivity index (χ0v) is 9.69. The average Bonchev–Trinajstić information content (AvgIpc) is 2.18. The second kappa shape index (κ2) is 6.77. The fourth-order valence-electron chi connectivity index (χ4n) is 1.44. The van der Waals surface area contributed by atoms with Crippen LogP contribution in [-0.4, -0.2) is 6.54 Å². The van der Waals surface area contributed by atoms with Crippen molar-refractivity contribution < 1.29 is 4.39 Å². The number of hydrogen-bond donors (Lipinski definition) is 2. The predicted octanol–water partition coefficient (Wildman–Crippen LogP) is 2.29. The van der Waals surface area contributed by atoms with E-state index in [1.165, 1.54) is 6.07 Å². The second-order valence-electron chi connectivity index (χ2n) is 3.56. The highest BCUT2D eigenvalue weighted by molar-refractivity contribution is 5.85. The number of nitrogens with two attached hydrogens (primary N) is 2. The Bertz CT molecular complexity index is 305. The van der Waals surface area contributed by atoms with E-state index in [0.717, 1.165) is 18.4 Å². The molecular weight excluding hydrogens is 215 g/mol. The van der Waals surface area contributed by atoms with Crippen molar-refractivity contribution in [2.24, 2.45) is 11.5 Å². The number of hydrogen-bond acceptors (Lipinski definition) is 2. The lowest BCUT2D eigenvalue weighted by Gasteiger charge is -2.12. The third-order valence-electron chi connectivity index (χ3n) is 2.27. The molecule has 1 aromatic rings. The number of rotatable bonds is 4. The molecule has 0 unspecified atom stereocenters. The molecule has 4 heteroatoms. The number of aryl methyl sites for hydroxylation is 1. The van der Waals surface area contributed by atoms with Crippen molar-refractivity contribution in [3.63, 3.8) is 0 Å². The molecule has 0 aliphatic rings. The topological polar surface area (TPSA) is 52.0 Å². The molecule has 0 aliphatic carbocycles. The zero-order chi connectivity index (χ0) is 10.6. The third-order valence-corrected chi connectivity index (χ3v) is 2.27. The van der Waals surface area contributed by atoms with Crippen LogP contribution in [0.25, 0.3) is 0 Å². The minimum Gasteiger partial charge on any atom is -0.330 e. The molecular formula is C11H18ClFN2. The predicted molar refractivity (Wildman–Crippen MR) is 63.6 cm³/mol. The lowest BCUT2D eigenvalue weighted by Crippen LogP contribution is -2.14. The van der Waals surface area contributed by atoms with Gasteiger partial charge in [0, 0.05) is 11.6 Å². The molecule has 1 rings (SSSR count). The van der Waals surface area contributed by atoms with Gasteiger partial charge in [-0.3, -0.25) is 0 Å². The number of benzene rings is 1. The van der Waals surface area contributed by atoms with Crippen LogP contribution in [0.5, 0.6) is 0 Å². The summed E-state index contributed by atoms with van der Waals surface area (Å²) in [6.45, 7) is 2.53. The van der Waals surface area contributed by atoms with E-state index in [4.69, 9.17) is 11.5 Å². The van der Waals surface area contributed by atoms with Gasteiger partial charge in [-0.15, -0.1) is 12.4 Å². The molecule has 15 heavy (non-hydrogen) atoms. The second-order valence-corrected chi connectivity index (χ2v) is 3.56. The van der Waals surface area contributed by atoms with Crippen LogP contribution in [0, 0.1) is 12.7 Å². The number of halogens is 2. The van der Waals surface area contributed by atoms with Crippen LogP contribution in [0.2, 0.25) is 0 Å². The van der Waals surface area contributed by atoms with Crippen LogP contribution in [0.15, 0.2) is 18.2 Å². The Hall–Kier alpha value is -0.640. The Morgan fingerprint density at radius 3 is 2.67 bits per heavy atom. The van der Waals surface area contributed by atoms with Crippen molar-refractivity contribution in [1.29, 1.82) is 0 Å². The summed E-state index contributed by atoms with van der Waals surface area (Å²) in [6, 6.07) is 4.77. The van der Waals surface area contributed by atoms with Crippen molar-refractivity contribution in [3.05, 3.63) is 35.1 Å².